The zero-order valence-electron chi connectivity index (χ0n) is 25.9. The number of hydrogen-bond acceptors (Lipinski definition) is 3. The van der Waals surface area contributed by atoms with Crippen molar-refractivity contribution in [2.45, 2.75) is 118 Å². The maximum atomic E-state index is 11.9. The van der Waals surface area contributed by atoms with Crippen LogP contribution in [-0.4, -0.2) is 6.10 Å². The summed E-state index contributed by atoms with van der Waals surface area (Å²) in [5.41, 5.74) is 3.81. The minimum Gasteiger partial charge on any atom is -0.490 e. The van der Waals surface area contributed by atoms with E-state index >= 15 is 0 Å². The lowest BCUT2D eigenvalue weighted by atomic mass is 9.47. The van der Waals surface area contributed by atoms with Crippen molar-refractivity contribution in [2.75, 3.05) is 0 Å². The molecule has 0 saturated heterocycles. The first-order valence-corrected chi connectivity index (χ1v) is 16.5. The summed E-state index contributed by atoms with van der Waals surface area (Å²) in [6.45, 7) is 14.6. The summed E-state index contributed by atoms with van der Waals surface area (Å²) in [5.74, 6) is 6.04. The van der Waals surface area contributed by atoms with Crippen LogP contribution in [0.25, 0.3) is 11.0 Å². The second-order valence-electron chi connectivity index (χ2n) is 15.2. The van der Waals surface area contributed by atoms with Crippen LogP contribution in [-0.2, 0) is 0 Å². The standard InChI is InChI=1S/C37H52O3/c1-23(2)8-7-9-24(3)31-14-15-32-30-12-10-26-21-28(16-18-36(26,5)33(30)17-19-37(31,32)6)39-27-11-13-29-25(4)20-35(38)40-34(29)22-27/h10-11,13,20,22-24,28,30-33H,7-9,12,14-19,21H2,1-6H3/t24-,28-,30+,31-,32+,33+,36+,37-/m1/s1. The first-order valence-electron chi connectivity index (χ1n) is 16.5. The molecule has 0 radical (unpaired) electrons. The Bertz CT molecular complexity index is 1320. The zero-order valence-corrected chi connectivity index (χ0v) is 25.9. The molecule has 4 aliphatic rings. The van der Waals surface area contributed by atoms with E-state index in [1.165, 1.54) is 57.8 Å². The van der Waals surface area contributed by atoms with Crippen molar-refractivity contribution in [1.82, 2.24) is 0 Å². The Balaban J connectivity index is 1.14. The maximum Gasteiger partial charge on any atom is 0.336 e. The van der Waals surface area contributed by atoms with Crippen LogP contribution in [0.1, 0.15) is 111 Å². The predicted octanol–water partition coefficient (Wildman–Crippen LogP) is 9.89. The van der Waals surface area contributed by atoms with Crippen LogP contribution < -0.4 is 10.4 Å². The summed E-state index contributed by atoms with van der Waals surface area (Å²) in [6.07, 6.45) is 17.5. The van der Waals surface area contributed by atoms with E-state index in [9.17, 15) is 4.79 Å². The van der Waals surface area contributed by atoms with Gasteiger partial charge in [0.1, 0.15) is 17.4 Å². The third-order valence-electron chi connectivity index (χ3n) is 12.5. The lowest BCUT2D eigenvalue weighted by molar-refractivity contribution is -0.0559. The topological polar surface area (TPSA) is 39.4 Å². The number of rotatable bonds is 7. The first kappa shape index (κ1) is 28.1. The van der Waals surface area contributed by atoms with Gasteiger partial charge in [0.05, 0.1) is 0 Å². The summed E-state index contributed by atoms with van der Waals surface area (Å²) in [5, 5.41) is 0.979. The van der Waals surface area contributed by atoms with Crippen LogP contribution in [0.5, 0.6) is 5.75 Å². The molecule has 0 amide bonds. The SMILES string of the molecule is Cc1cc(=O)oc2cc(O[C@@H]3CC[C@@]4(C)C(=CC[C@H]5[C@@H]6CC[C@H]([C@H](C)CCCC(C)C)[C@@]6(C)CC[C@@H]54)C3)ccc12. The highest BCUT2D eigenvalue weighted by molar-refractivity contribution is 5.81. The van der Waals surface area contributed by atoms with Gasteiger partial charge in [-0.25, -0.2) is 4.79 Å². The Morgan fingerprint density at radius 3 is 2.62 bits per heavy atom. The van der Waals surface area contributed by atoms with Gasteiger partial charge >= 0.3 is 5.63 Å². The van der Waals surface area contributed by atoms with Gasteiger partial charge in [-0.3, -0.25) is 0 Å². The highest BCUT2D eigenvalue weighted by Crippen LogP contribution is 2.67. The average Bonchev–Trinajstić information content (AvgIpc) is 3.25. The molecule has 0 spiro atoms. The van der Waals surface area contributed by atoms with Crippen LogP contribution in [0.3, 0.4) is 0 Å². The van der Waals surface area contributed by atoms with Crippen LogP contribution in [0.4, 0.5) is 0 Å². The lowest BCUT2D eigenvalue weighted by Gasteiger charge is -2.58. The molecule has 0 unspecified atom stereocenters. The van der Waals surface area contributed by atoms with Gasteiger partial charge in [0.25, 0.3) is 0 Å². The second kappa shape index (κ2) is 10.7. The summed E-state index contributed by atoms with van der Waals surface area (Å²) < 4.78 is 12.0. The van der Waals surface area contributed by atoms with Gasteiger partial charge in [0.2, 0.25) is 0 Å². The Morgan fingerprint density at radius 2 is 1.82 bits per heavy atom. The smallest absolute Gasteiger partial charge is 0.336 e. The summed E-state index contributed by atoms with van der Waals surface area (Å²) in [6, 6.07) is 7.53. The van der Waals surface area contributed by atoms with Crippen molar-refractivity contribution in [3.63, 3.8) is 0 Å². The molecule has 1 heterocycles. The Kier molecular flexibility index (Phi) is 7.49. The molecule has 0 aliphatic heterocycles. The highest BCUT2D eigenvalue weighted by atomic mass is 16.5. The first-order chi connectivity index (χ1) is 19.1. The van der Waals surface area contributed by atoms with E-state index in [1.54, 1.807) is 11.6 Å². The van der Waals surface area contributed by atoms with E-state index in [2.05, 4.69) is 40.7 Å². The van der Waals surface area contributed by atoms with Gasteiger partial charge in [-0.1, -0.05) is 65.5 Å². The van der Waals surface area contributed by atoms with Crippen LogP contribution in [0, 0.1) is 53.3 Å². The molecule has 3 heteroatoms. The van der Waals surface area contributed by atoms with Gasteiger partial charge in [0.15, 0.2) is 0 Å². The van der Waals surface area contributed by atoms with E-state index in [1.807, 2.05) is 25.1 Å². The lowest BCUT2D eigenvalue weighted by Crippen LogP contribution is -2.51. The largest absolute Gasteiger partial charge is 0.490 e. The number of benzene rings is 1. The van der Waals surface area contributed by atoms with Crippen molar-refractivity contribution >= 4 is 11.0 Å². The molecule has 3 saturated carbocycles. The van der Waals surface area contributed by atoms with E-state index in [-0.39, 0.29) is 11.7 Å². The number of fused-ring (bicyclic) bond motifs is 6. The van der Waals surface area contributed by atoms with Gasteiger partial charge in [-0.05, 0) is 116 Å². The maximum absolute atomic E-state index is 11.9. The van der Waals surface area contributed by atoms with E-state index in [4.69, 9.17) is 9.15 Å². The Morgan fingerprint density at radius 1 is 1.00 bits per heavy atom. The normalized spacial score (nSPS) is 36.1. The monoisotopic (exact) mass is 544 g/mol. The molecule has 2 aromatic rings. The number of ether oxygens (including phenoxy) is 1. The van der Waals surface area contributed by atoms with E-state index in [0.717, 1.165) is 65.0 Å². The van der Waals surface area contributed by atoms with Gasteiger partial charge in [0, 0.05) is 23.9 Å². The molecule has 1 aromatic heterocycles. The molecule has 0 N–H and O–H groups in total. The molecule has 40 heavy (non-hydrogen) atoms. The minimum absolute atomic E-state index is 0.196. The third-order valence-corrected chi connectivity index (χ3v) is 12.5. The fourth-order valence-electron chi connectivity index (χ4n) is 10.3. The average molecular weight is 545 g/mol. The quantitative estimate of drug-likeness (QED) is 0.257. The van der Waals surface area contributed by atoms with E-state index in [0.29, 0.717) is 16.4 Å². The number of allylic oxidation sites excluding steroid dienone is 1. The summed E-state index contributed by atoms with van der Waals surface area (Å²) in [7, 11) is 0. The molecule has 3 nitrogen and oxygen atoms in total. The fraction of sp³-hybridized carbons (Fsp3) is 0.703. The van der Waals surface area contributed by atoms with Crippen molar-refractivity contribution in [3.8, 4) is 5.75 Å². The minimum atomic E-state index is -0.296. The van der Waals surface area contributed by atoms with Crippen LogP contribution in [0.2, 0.25) is 0 Å². The highest BCUT2D eigenvalue weighted by Gasteiger charge is 2.59. The zero-order chi connectivity index (χ0) is 28.2. The van der Waals surface area contributed by atoms with Gasteiger partial charge < -0.3 is 9.15 Å². The second-order valence-corrected chi connectivity index (χ2v) is 15.2. The molecule has 4 aliphatic carbocycles. The number of aryl methyl sites for hydroxylation is 1. The fourth-order valence-corrected chi connectivity index (χ4v) is 10.3. The molecule has 8 atom stereocenters. The summed E-state index contributed by atoms with van der Waals surface area (Å²) >= 11 is 0. The molecular weight excluding hydrogens is 492 g/mol. The van der Waals surface area contributed by atoms with E-state index < -0.39 is 0 Å². The molecule has 3 fully saturated rings. The number of hydrogen-bond donors (Lipinski definition) is 0. The Hall–Kier alpha value is -2.03. The molecule has 1 aromatic carbocycles. The summed E-state index contributed by atoms with van der Waals surface area (Å²) in [4.78, 5) is 11.9. The Labute approximate surface area is 242 Å². The van der Waals surface area contributed by atoms with Crippen LogP contribution >= 0.6 is 0 Å². The van der Waals surface area contributed by atoms with Gasteiger partial charge in [-0.15, -0.1) is 0 Å². The van der Waals surface area contributed by atoms with Crippen molar-refractivity contribution in [2.24, 2.45) is 46.3 Å². The van der Waals surface area contributed by atoms with Crippen molar-refractivity contribution in [1.29, 1.82) is 0 Å². The molecule has 0 bridgehead atoms. The predicted molar refractivity (Wildman–Crippen MR) is 165 cm³/mol. The van der Waals surface area contributed by atoms with Crippen molar-refractivity contribution in [3.05, 3.63) is 51.9 Å². The molecule has 218 valence electrons. The third kappa shape index (κ3) is 4.88. The van der Waals surface area contributed by atoms with Crippen LogP contribution in [0.15, 0.2) is 45.1 Å². The molecule has 6 rings (SSSR count). The van der Waals surface area contributed by atoms with Crippen molar-refractivity contribution < 1.29 is 9.15 Å². The molecular formula is C37H52O3. The van der Waals surface area contributed by atoms with Gasteiger partial charge in [-0.2, -0.15) is 0 Å².